The van der Waals surface area contributed by atoms with Crippen LogP contribution in [0.3, 0.4) is 0 Å². The molecule has 0 radical (unpaired) electrons. The molecule has 0 saturated carbocycles. The molecule has 0 aliphatic carbocycles. The van der Waals surface area contributed by atoms with Crippen molar-refractivity contribution in [2.75, 3.05) is 0 Å². The summed E-state index contributed by atoms with van der Waals surface area (Å²) >= 11 is 7.38. The number of amides is 1. The number of aliphatic imine (C=N–C) groups is 1. The Bertz CT molecular complexity index is 1060. The molecule has 1 fully saturated rings. The molecule has 26 heavy (non-hydrogen) atoms. The maximum atomic E-state index is 12.2. The molecule has 1 saturated heterocycles. The number of hydrogen-bond donors (Lipinski definition) is 1. The molecule has 2 aromatic carbocycles. The average Bonchev–Trinajstić information content (AvgIpc) is 2.96. The summed E-state index contributed by atoms with van der Waals surface area (Å²) in [4.78, 5) is 25.7. The van der Waals surface area contributed by atoms with Crippen LogP contribution < -0.4 is 34.9 Å². The van der Waals surface area contributed by atoms with Crippen LogP contribution >= 0.6 is 23.4 Å². The van der Waals surface area contributed by atoms with Crippen LogP contribution in [0.4, 0.5) is 5.69 Å². The van der Waals surface area contributed by atoms with Gasteiger partial charge in [0.15, 0.2) is 5.17 Å². The van der Waals surface area contributed by atoms with E-state index in [2.05, 4.69) is 20.3 Å². The number of halogens is 1. The summed E-state index contributed by atoms with van der Waals surface area (Å²) in [5, 5.41) is 3.80. The first kappa shape index (κ1) is 19.1. The second kappa shape index (κ2) is 8.33. The predicted octanol–water partition coefficient (Wildman–Crippen LogP) is 1.29. The van der Waals surface area contributed by atoms with Crippen LogP contribution in [0.1, 0.15) is 6.99 Å². The van der Waals surface area contributed by atoms with Crippen molar-refractivity contribution < 1.29 is 35.8 Å². The van der Waals surface area contributed by atoms with E-state index in [1.165, 1.54) is 11.8 Å². The molecule has 8 heteroatoms. The molecule has 0 atom stereocenters. The predicted molar refractivity (Wildman–Crippen MR) is 103 cm³/mol. The van der Waals surface area contributed by atoms with Gasteiger partial charge in [-0.15, -0.1) is 0 Å². The van der Waals surface area contributed by atoms with Gasteiger partial charge in [-0.3, -0.25) is 14.8 Å². The van der Waals surface area contributed by atoms with E-state index in [9.17, 15) is 4.79 Å². The zero-order valence-electron chi connectivity index (χ0n) is 14.8. The fraction of sp³-hybridized carbons (Fsp3) is 0. The second-order valence-electron chi connectivity index (χ2n) is 5.24. The Morgan fingerprint density at radius 3 is 2.69 bits per heavy atom. The molecule has 1 amide bonds. The quantitative estimate of drug-likeness (QED) is 0.529. The third kappa shape index (κ3) is 4.16. The summed E-state index contributed by atoms with van der Waals surface area (Å²) in [7, 11) is 0. The van der Waals surface area contributed by atoms with Crippen molar-refractivity contribution in [2.45, 2.75) is 0 Å². The van der Waals surface area contributed by atoms with Gasteiger partial charge in [0, 0.05) is 12.4 Å². The fourth-order valence-corrected chi connectivity index (χ4v) is 3.37. The molecule has 1 aliphatic rings. The molecule has 1 N–H and O–H groups in total. The van der Waals surface area contributed by atoms with Gasteiger partial charge < -0.3 is 6.74 Å². The topological polar surface area (TPSA) is 67.2 Å². The molecule has 3 aromatic rings. The number of amidine groups is 1. The number of nitrogens with one attached hydrogen (secondary N) is 1. The van der Waals surface area contributed by atoms with E-state index < -0.39 is 0 Å². The van der Waals surface area contributed by atoms with Crippen LogP contribution in [0.25, 0.3) is 17.1 Å². The summed E-state index contributed by atoms with van der Waals surface area (Å²) in [6.45, 7) is 0. The molecular formula is C18H12ClN4NaOS. The monoisotopic (exact) mass is 390 g/mol. The van der Waals surface area contributed by atoms with E-state index in [4.69, 9.17) is 11.6 Å². The van der Waals surface area contributed by atoms with Crippen molar-refractivity contribution in [2.24, 2.45) is 4.99 Å². The van der Waals surface area contributed by atoms with Crippen LogP contribution in [0.5, 0.6) is 0 Å². The summed E-state index contributed by atoms with van der Waals surface area (Å²) in [5.74, 6) is -0.185. The van der Waals surface area contributed by atoms with Gasteiger partial charge in [0.1, 0.15) is 0 Å². The van der Waals surface area contributed by atoms with Gasteiger partial charge in [-0.2, -0.15) is 0 Å². The van der Waals surface area contributed by atoms with E-state index in [1.54, 1.807) is 24.5 Å². The van der Waals surface area contributed by atoms with E-state index in [1.807, 2.05) is 36.4 Å². The molecule has 0 bridgehead atoms. The summed E-state index contributed by atoms with van der Waals surface area (Å²) < 4.78 is 0. The Hall–Kier alpha value is -1.70. The Balaban J connectivity index is 0.00000131. The third-order valence-corrected chi connectivity index (χ3v) is 4.75. The Kier molecular flexibility index (Phi) is 6.11. The number of para-hydroxylation sites is 1. The number of carbonyl (C=O) groups is 1. The zero-order chi connectivity index (χ0) is 17.2. The maximum Gasteiger partial charge on any atom is 1.00 e. The van der Waals surface area contributed by atoms with Gasteiger partial charge >= 0.3 is 29.6 Å². The van der Waals surface area contributed by atoms with Crippen molar-refractivity contribution in [3.8, 4) is 0 Å². The van der Waals surface area contributed by atoms with Crippen molar-refractivity contribution in [1.29, 1.82) is 0 Å². The van der Waals surface area contributed by atoms with Gasteiger partial charge in [0.25, 0.3) is 5.91 Å². The number of hydrogen-bond acceptors (Lipinski definition) is 5. The molecule has 2 heterocycles. The molecule has 1 aliphatic heterocycles. The van der Waals surface area contributed by atoms with Crippen molar-refractivity contribution in [1.82, 2.24) is 15.3 Å². The first-order chi connectivity index (χ1) is 12.2. The molecule has 5 nitrogen and oxygen atoms in total. The summed E-state index contributed by atoms with van der Waals surface area (Å²) in [6.07, 6.45) is 5.10. The van der Waals surface area contributed by atoms with Crippen molar-refractivity contribution >= 4 is 57.2 Å². The minimum Gasteiger partial charge on any atom is -1.00 e. The zero-order valence-corrected chi connectivity index (χ0v) is 17.4. The van der Waals surface area contributed by atoms with Gasteiger partial charge in [-0.1, -0.05) is 29.8 Å². The van der Waals surface area contributed by atoms with Gasteiger partial charge in [-0.25, -0.2) is 4.99 Å². The molecule has 4 rings (SSSR count). The van der Waals surface area contributed by atoms with E-state index in [-0.39, 0.29) is 36.9 Å². The van der Waals surface area contributed by atoms with Crippen LogP contribution in [-0.2, 0) is 4.79 Å². The number of carbonyl (C=O) groups excluding carboxylic acids is 1. The normalized spacial score (nSPS) is 16.7. The van der Waals surface area contributed by atoms with Crippen LogP contribution in [0, 0.1) is 0 Å². The number of thioether (sulfide) groups is 1. The van der Waals surface area contributed by atoms with E-state index >= 15 is 0 Å². The number of rotatable bonds is 2. The minimum atomic E-state index is -0.185. The van der Waals surface area contributed by atoms with Gasteiger partial charge in [0.05, 0.1) is 26.6 Å². The van der Waals surface area contributed by atoms with E-state index in [0.29, 0.717) is 20.8 Å². The van der Waals surface area contributed by atoms with Crippen LogP contribution in [0.15, 0.2) is 64.8 Å². The molecule has 0 spiro atoms. The fourth-order valence-electron chi connectivity index (χ4n) is 2.35. The largest absolute Gasteiger partial charge is 1.00 e. The molecule has 0 unspecified atom stereocenters. The summed E-state index contributed by atoms with van der Waals surface area (Å²) in [6, 6.07) is 12.9. The maximum absolute atomic E-state index is 12.2. The van der Waals surface area contributed by atoms with Gasteiger partial charge in [-0.05, 0) is 47.7 Å². The first-order valence-electron chi connectivity index (χ1n) is 7.44. The van der Waals surface area contributed by atoms with Crippen LogP contribution in [-0.4, -0.2) is 21.0 Å². The number of fused-ring (bicyclic) bond motifs is 1. The van der Waals surface area contributed by atoms with E-state index in [0.717, 1.165) is 16.6 Å². The Labute approximate surface area is 182 Å². The SMILES string of the molecule is O=C1NC(=Nc2ccccc2Cl)SC1=Cc1ccc2nccnc2c1.[H-].[Na+]. The second-order valence-corrected chi connectivity index (χ2v) is 6.68. The van der Waals surface area contributed by atoms with Crippen molar-refractivity contribution in [3.05, 3.63) is 70.3 Å². The van der Waals surface area contributed by atoms with Crippen molar-refractivity contribution in [3.63, 3.8) is 0 Å². The third-order valence-electron chi connectivity index (χ3n) is 3.52. The summed E-state index contributed by atoms with van der Waals surface area (Å²) in [5.41, 5.74) is 3.10. The minimum absolute atomic E-state index is 0. The van der Waals surface area contributed by atoms with Gasteiger partial charge in [0.2, 0.25) is 0 Å². The van der Waals surface area contributed by atoms with Crippen LogP contribution in [0.2, 0.25) is 5.02 Å². The Morgan fingerprint density at radius 2 is 1.88 bits per heavy atom. The molecular weight excluding hydrogens is 379 g/mol. The number of aromatic nitrogens is 2. The molecule has 124 valence electrons. The Morgan fingerprint density at radius 1 is 1.12 bits per heavy atom. The number of nitrogens with zero attached hydrogens (tertiary/aromatic N) is 3. The smallest absolute Gasteiger partial charge is 1.00 e. The average molecular weight is 391 g/mol. The first-order valence-corrected chi connectivity index (χ1v) is 8.63. The number of benzene rings is 2. The standard InChI is InChI=1S/C18H11ClN4OS.Na.H/c19-12-3-1-2-4-13(12)22-18-23-17(24)16(25-18)10-11-5-6-14-15(9-11)21-8-7-20-14;;/h1-10H,(H,22,23,24);;/q;+1;-1. The molecule has 1 aromatic heterocycles.